The summed E-state index contributed by atoms with van der Waals surface area (Å²) in [7, 11) is 0. The van der Waals surface area contributed by atoms with Gasteiger partial charge in [0, 0.05) is 30.2 Å². The molecule has 0 aromatic rings. The monoisotopic (exact) mass is 403 g/mol. The molecule has 0 N–H and O–H groups in total. The van der Waals surface area contributed by atoms with Gasteiger partial charge in [-0.2, -0.15) is 0 Å². The third-order valence-electron chi connectivity index (χ3n) is 9.26. The van der Waals surface area contributed by atoms with Crippen LogP contribution >= 0.6 is 0 Å². The van der Waals surface area contributed by atoms with Gasteiger partial charge in [-0.25, -0.2) is 0 Å². The third kappa shape index (κ3) is 4.88. The van der Waals surface area contributed by atoms with Crippen molar-refractivity contribution in [2.45, 2.75) is 110 Å². The Morgan fingerprint density at radius 3 is 1.48 bits per heavy atom. The molecule has 3 saturated heterocycles. The molecule has 3 nitrogen and oxygen atoms in total. The predicted octanol–water partition coefficient (Wildman–Crippen LogP) is 5.25. The van der Waals surface area contributed by atoms with Crippen molar-refractivity contribution in [1.29, 1.82) is 0 Å². The summed E-state index contributed by atoms with van der Waals surface area (Å²) < 4.78 is 0. The molecule has 4 fully saturated rings. The summed E-state index contributed by atoms with van der Waals surface area (Å²) in [6.45, 7) is 22.4. The Kier molecular flexibility index (Phi) is 6.17. The standard InChI is InChI=1S/C26H49N3/c1-24(2,3)28-17-11-22(12-18-28)21-9-15-27(16-10-21)23-7-13-26(14-8-23)19-29(20-26)25(4,5)6/h21-23H,7-20H2,1-6H3. The zero-order chi connectivity index (χ0) is 20.9. The molecule has 1 aliphatic carbocycles. The minimum Gasteiger partial charge on any atom is -0.300 e. The molecule has 4 aliphatic rings. The fourth-order valence-corrected chi connectivity index (χ4v) is 6.93. The lowest BCUT2D eigenvalue weighted by molar-refractivity contribution is -0.0906. The molecular formula is C26H49N3. The highest BCUT2D eigenvalue weighted by atomic mass is 15.3. The molecule has 3 aliphatic heterocycles. The highest BCUT2D eigenvalue weighted by Gasteiger charge is 2.48. The van der Waals surface area contributed by atoms with Crippen LogP contribution in [0.2, 0.25) is 0 Å². The number of hydrogen-bond donors (Lipinski definition) is 0. The Labute approximate surface area is 181 Å². The minimum absolute atomic E-state index is 0.358. The van der Waals surface area contributed by atoms with Crippen molar-refractivity contribution in [3.8, 4) is 0 Å². The normalized spacial score (nSPS) is 30.0. The van der Waals surface area contributed by atoms with E-state index in [0.717, 1.165) is 17.9 Å². The maximum absolute atomic E-state index is 2.90. The van der Waals surface area contributed by atoms with Gasteiger partial charge in [0.2, 0.25) is 0 Å². The van der Waals surface area contributed by atoms with E-state index in [4.69, 9.17) is 0 Å². The molecule has 0 aromatic heterocycles. The second kappa shape index (κ2) is 8.10. The number of nitrogens with zero attached hydrogens (tertiary/aromatic N) is 3. The van der Waals surface area contributed by atoms with Gasteiger partial charge in [0.05, 0.1) is 0 Å². The molecule has 29 heavy (non-hydrogen) atoms. The van der Waals surface area contributed by atoms with Crippen LogP contribution in [-0.4, -0.2) is 71.1 Å². The Morgan fingerprint density at radius 1 is 0.586 bits per heavy atom. The number of piperidine rings is 2. The van der Waals surface area contributed by atoms with Crippen molar-refractivity contribution in [3.63, 3.8) is 0 Å². The predicted molar refractivity (Wildman–Crippen MR) is 124 cm³/mol. The average molecular weight is 404 g/mol. The maximum Gasteiger partial charge on any atom is 0.0125 e. The molecule has 0 radical (unpaired) electrons. The van der Waals surface area contributed by atoms with Crippen molar-refractivity contribution in [2.75, 3.05) is 39.3 Å². The number of rotatable bonds is 2. The lowest BCUT2D eigenvalue weighted by atomic mass is 9.66. The quantitative estimate of drug-likeness (QED) is 0.623. The molecule has 168 valence electrons. The Bertz CT molecular complexity index is 525. The zero-order valence-corrected chi connectivity index (χ0v) is 20.5. The van der Waals surface area contributed by atoms with Gasteiger partial charge in [-0.3, -0.25) is 9.80 Å². The maximum atomic E-state index is 2.90. The first-order valence-corrected chi connectivity index (χ1v) is 12.8. The molecule has 0 atom stereocenters. The van der Waals surface area contributed by atoms with Crippen LogP contribution in [0.15, 0.2) is 0 Å². The summed E-state index contributed by atoms with van der Waals surface area (Å²) in [5.41, 5.74) is 1.41. The van der Waals surface area contributed by atoms with Gasteiger partial charge in [0.15, 0.2) is 0 Å². The smallest absolute Gasteiger partial charge is 0.0125 e. The molecular weight excluding hydrogens is 354 g/mol. The van der Waals surface area contributed by atoms with Crippen LogP contribution in [0.25, 0.3) is 0 Å². The molecule has 3 heterocycles. The van der Waals surface area contributed by atoms with Crippen LogP contribution in [0.1, 0.15) is 92.9 Å². The topological polar surface area (TPSA) is 9.72 Å². The van der Waals surface area contributed by atoms with Gasteiger partial charge in [-0.1, -0.05) is 0 Å². The Hall–Kier alpha value is -0.120. The van der Waals surface area contributed by atoms with E-state index in [0.29, 0.717) is 16.5 Å². The van der Waals surface area contributed by atoms with E-state index in [9.17, 15) is 0 Å². The summed E-state index contributed by atoms with van der Waals surface area (Å²) in [6.07, 6.45) is 11.7. The van der Waals surface area contributed by atoms with E-state index in [1.807, 2.05) is 0 Å². The molecule has 0 aromatic carbocycles. The van der Waals surface area contributed by atoms with Crippen molar-refractivity contribution in [1.82, 2.24) is 14.7 Å². The highest BCUT2D eigenvalue weighted by Crippen LogP contribution is 2.47. The minimum atomic E-state index is 0.358. The van der Waals surface area contributed by atoms with Gasteiger partial charge in [0.25, 0.3) is 0 Å². The third-order valence-corrected chi connectivity index (χ3v) is 9.26. The van der Waals surface area contributed by atoms with Crippen molar-refractivity contribution in [3.05, 3.63) is 0 Å². The molecule has 0 amide bonds. The van der Waals surface area contributed by atoms with Crippen LogP contribution in [0.3, 0.4) is 0 Å². The molecule has 0 unspecified atom stereocenters. The van der Waals surface area contributed by atoms with E-state index in [1.54, 1.807) is 0 Å². The average Bonchev–Trinajstić information content (AvgIpc) is 2.65. The molecule has 1 saturated carbocycles. The Morgan fingerprint density at radius 2 is 1.03 bits per heavy atom. The van der Waals surface area contributed by atoms with E-state index in [-0.39, 0.29) is 0 Å². The van der Waals surface area contributed by atoms with Gasteiger partial charge >= 0.3 is 0 Å². The van der Waals surface area contributed by atoms with Crippen LogP contribution in [0, 0.1) is 17.3 Å². The fourth-order valence-electron chi connectivity index (χ4n) is 6.93. The van der Waals surface area contributed by atoms with E-state index >= 15 is 0 Å². The second-order valence-corrected chi connectivity index (χ2v) is 13.1. The van der Waals surface area contributed by atoms with Crippen molar-refractivity contribution < 1.29 is 0 Å². The largest absolute Gasteiger partial charge is 0.300 e. The van der Waals surface area contributed by atoms with E-state index in [1.165, 1.54) is 90.6 Å². The van der Waals surface area contributed by atoms with Gasteiger partial charge in [-0.05, 0) is 136 Å². The van der Waals surface area contributed by atoms with Crippen LogP contribution in [0.5, 0.6) is 0 Å². The highest BCUT2D eigenvalue weighted by molar-refractivity contribution is 5.03. The summed E-state index contributed by atoms with van der Waals surface area (Å²) in [6, 6.07) is 0.896. The first-order valence-electron chi connectivity index (χ1n) is 12.8. The first-order chi connectivity index (χ1) is 13.6. The zero-order valence-electron chi connectivity index (χ0n) is 20.5. The van der Waals surface area contributed by atoms with E-state index in [2.05, 4.69) is 56.2 Å². The molecule has 4 rings (SSSR count). The number of likely N-dealkylation sites (tertiary alicyclic amines) is 3. The molecule has 1 spiro atoms. The summed E-state index contributed by atoms with van der Waals surface area (Å²) in [5, 5.41) is 0. The van der Waals surface area contributed by atoms with Crippen LogP contribution in [-0.2, 0) is 0 Å². The van der Waals surface area contributed by atoms with E-state index < -0.39 is 0 Å². The summed E-state index contributed by atoms with van der Waals surface area (Å²) >= 11 is 0. The van der Waals surface area contributed by atoms with Gasteiger partial charge < -0.3 is 4.90 Å². The van der Waals surface area contributed by atoms with Crippen LogP contribution in [0.4, 0.5) is 0 Å². The second-order valence-electron chi connectivity index (χ2n) is 13.1. The number of hydrogen-bond acceptors (Lipinski definition) is 3. The summed E-state index contributed by atoms with van der Waals surface area (Å²) in [5.74, 6) is 2.01. The van der Waals surface area contributed by atoms with Crippen molar-refractivity contribution in [2.24, 2.45) is 17.3 Å². The SMILES string of the molecule is CC(C)(C)N1CCC(C2CCN(C3CCC4(CC3)CN(C(C)(C)C)C4)CC2)CC1. The van der Waals surface area contributed by atoms with Gasteiger partial charge in [-0.15, -0.1) is 0 Å². The summed E-state index contributed by atoms with van der Waals surface area (Å²) in [4.78, 5) is 8.30. The molecule has 0 bridgehead atoms. The lowest BCUT2D eigenvalue weighted by Gasteiger charge is -2.59. The Balaban J connectivity index is 1.18. The molecule has 3 heteroatoms. The first kappa shape index (κ1) is 22.1. The van der Waals surface area contributed by atoms with Crippen molar-refractivity contribution >= 4 is 0 Å². The van der Waals surface area contributed by atoms with Gasteiger partial charge in [0.1, 0.15) is 0 Å². The fraction of sp³-hybridized carbons (Fsp3) is 1.00. The lowest BCUT2D eigenvalue weighted by Crippen LogP contribution is -2.64. The van der Waals surface area contributed by atoms with Crippen LogP contribution < -0.4 is 0 Å².